The number of allylic oxidation sites excluding steroid dienone is 6. The number of carbonyl (C=O) groups is 1. The Balaban J connectivity index is 2.12. The monoisotopic (exact) mass is 358 g/mol. The van der Waals surface area contributed by atoms with E-state index in [2.05, 4.69) is 0 Å². The second kappa shape index (κ2) is 6.27. The number of hydrogen-bond donors (Lipinski definition) is 2. The van der Waals surface area contributed by atoms with E-state index in [0.29, 0.717) is 12.8 Å². The van der Waals surface area contributed by atoms with E-state index in [9.17, 15) is 15.0 Å². The molecule has 4 rings (SSSR count). The molecule has 3 heteroatoms. The number of rotatable bonds is 2. The van der Waals surface area contributed by atoms with Crippen LogP contribution in [0.15, 0.2) is 71.8 Å². The van der Waals surface area contributed by atoms with Crippen LogP contribution >= 0.6 is 0 Å². The average Bonchev–Trinajstić information content (AvgIpc) is 2.88. The third-order valence-corrected chi connectivity index (χ3v) is 5.62. The summed E-state index contributed by atoms with van der Waals surface area (Å²) in [6.07, 6.45) is 8.75. The molecule has 0 amide bonds. The van der Waals surface area contributed by atoms with Gasteiger partial charge in [-0.3, -0.25) is 4.79 Å². The van der Waals surface area contributed by atoms with Crippen LogP contribution in [0, 0.1) is 0 Å². The first-order valence-corrected chi connectivity index (χ1v) is 9.19. The third-order valence-electron chi connectivity index (χ3n) is 5.62. The topological polar surface area (TPSA) is 57.5 Å². The molecule has 0 aliphatic heterocycles. The standard InChI is InChI=1S/C24H22O3/c1-3-5-19-22(6-4-2)24(14-23(19)27)20-9-7-17(25)12-15(20)11-16-13-18(26)8-10-21(16)24/h3-10,12-13,25-26H,11,14H2,1-2H3/b5-3-,6-4-. The van der Waals surface area contributed by atoms with Crippen molar-refractivity contribution in [3.63, 3.8) is 0 Å². The maximum absolute atomic E-state index is 13.0. The molecule has 3 nitrogen and oxygen atoms in total. The van der Waals surface area contributed by atoms with Crippen molar-refractivity contribution >= 4 is 5.78 Å². The molecule has 0 saturated heterocycles. The van der Waals surface area contributed by atoms with Crippen molar-refractivity contribution in [2.75, 3.05) is 0 Å². The minimum Gasteiger partial charge on any atom is -0.508 e. The fourth-order valence-electron chi connectivity index (χ4n) is 4.68. The van der Waals surface area contributed by atoms with Gasteiger partial charge in [-0.05, 0) is 72.4 Å². The summed E-state index contributed by atoms with van der Waals surface area (Å²) in [5.74, 6) is 0.533. The number of ketones is 1. The number of carbonyl (C=O) groups excluding carboxylic acids is 1. The number of aromatic hydroxyl groups is 2. The Bertz CT molecular complexity index is 986. The molecule has 0 bridgehead atoms. The molecule has 2 aromatic carbocycles. The Morgan fingerprint density at radius 1 is 0.889 bits per heavy atom. The van der Waals surface area contributed by atoms with Gasteiger partial charge < -0.3 is 10.2 Å². The normalized spacial score (nSPS) is 17.9. The first kappa shape index (κ1) is 17.3. The molecule has 2 aliphatic carbocycles. The van der Waals surface area contributed by atoms with Crippen LogP contribution in [0.5, 0.6) is 11.5 Å². The van der Waals surface area contributed by atoms with E-state index in [1.165, 1.54) is 0 Å². The molecule has 27 heavy (non-hydrogen) atoms. The highest BCUT2D eigenvalue weighted by atomic mass is 16.3. The van der Waals surface area contributed by atoms with Crippen LogP contribution in [0.25, 0.3) is 0 Å². The van der Waals surface area contributed by atoms with E-state index < -0.39 is 5.41 Å². The van der Waals surface area contributed by atoms with Gasteiger partial charge in [0.05, 0.1) is 5.41 Å². The quantitative estimate of drug-likeness (QED) is 0.817. The number of fused-ring (bicyclic) bond motifs is 4. The van der Waals surface area contributed by atoms with E-state index in [4.69, 9.17) is 0 Å². The van der Waals surface area contributed by atoms with Gasteiger partial charge in [-0.25, -0.2) is 0 Å². The third kappa shape index (κ3) is 2.46. The lowest BCUT2D eigenvalue weighted by Gasteiger charge is -2.39. The fourth-order valence-corrected chi connectivity index (χ4v) is 4.68. The lowest BCUT2D eigenvalue weighted by molar-refractivity contribution is -0.115. The smallest absolute Gasteiger partial charge is 0.164 e. The summed E-state index contributed by atoms with van der Waals surface area (Å²) in [6, 6.07) is 10.8. The highest BCUT2D eigenvalue weighted by Crippen LogP contribution is 2.54. The second-order valence-corrected chi connectivity index (χ2v) is 7.19. The average molecular weight is 358 g/mol. The number of phenols is 2. The minimum absolute atomic E-state index is 0.112. The van der Waals surface area contributed by atoms with Crippen molar-refractivity contribution in [3.05, 3.63) is 94.1 Å². The Labute approximate surface area is 159 Å². The highest BCUT2D eigenvalue weighted by Gasteiger charge is 2.49. The van der Waals surface area contributed by atoms with Crippen molar-refractivity contribution in [2.24, 2.45) is 0 Å². The number of hydrogen-bond acceptors (Lipinski definition) is 3. The summed E-state index contributed by atoms with van der Waals surface area (Å²) in [6.45, 7) is 3.87. The minimum atomic E-state index is -0.594. The molecule has 136 valence electrons. The van der Waals surface area contributed by atoms with Crippen LogP contribution < -0.4 is 0 Å². The number of Topliss-reactive ketones (excluding diaryl/α,β-unsaturated/α-hetero) is 1. The predicted octanol–water partition coefficient (Wildman–Crippen LogP) is 4.71. The van der Waals surface area contributed by atoms with Crippen LogP contribution in [0.3, 0.4) is 0 Å². The zero-order chi connectivity index (χ0) is 19.2. The van der Waals surface area contributed by atoms with E-state index >= 15 is 0 Å². The Morgan fingerprint density at radius 2 is 1.44 bits per heavy atom. The molecule has 0 saturated carbocycles. The van der Waals surface area contributed by atoms with Crippen LogP contribution in [-0.2, 0) is 16.6 Å². The van der Waals surface area contributed by atoms with Gasteiger partial charge >= 0.3 is 0 Å². The fraction of sp³-hybridized carbons (Fsp3) is 0.208. The Morgan fingerprint density at radius 3 is 1.96 bits per heavy atom. The molecule has 0 radical (unpaired) electrons. The molecule has 2 aliphatic rings. The molecule has 1 spiro atoms. The van der Waals surface area contributed by atoms with Gasteiger partial charge in [-0.1, -0.05) is 36.4 Å². The van der Waals surface area contributed by atoms with E-state index in [-0.39, 0.29) is 17.3 Å². The largest absolute Gasteiger partial charge is 0.508 e. The first-order valence-electron chi connectivity index (χ1n) is 9.19. The maximum atomic E-state index is 13.0. The van der Waals surface area contributed by atoms with Gasteiger partial charge in [-0.15, -0.1) is 0 Å². The van der Waals surface area contributed by atoms with Crippen molar-refractivity contribution in [3.8, 4) is 11.5 Å². The predicted molar refractivity (Wildman–Crippen MR) is 106 cm³/mol. The molecular weight excluding hydrogens is 336 g/mol. The summed E-state index contributed by atoms with van der Waals surface area (Å²) >= 11 is 0. The van der Waals surface area contributed by atoms with Gasteiger partial charge in [0.2, 0.25) is 0 Å². The van der Waals surface area contributed by atoms with Crippen LogP contribution in [0.1, 0.15) is 42.5 Å². The zero-order valence-electron chi connectivity index (χ0n) is 15.5. The van der Waals surface area contributed by atoms with Gasteiger partial charge in [0, 0.05) is 12.0 Å². The molecule has 0 unspecified atom stereocenters. The van der Waals surface area contributed by atoms with Gasteiger partial charge in [0.15, 0.2) is 5.78 Å². The molecule has 0 atom stereocenters. The Kier molecular flexibility index (Phi) is 4.03. The summed E-state index contributed by atoms with van der Waals surface area (Å²) in [5.41, 5.74) is 5.21. The highest BCUT2D eigenvalue weighted by molar-refractivity contribution is 6.05. The molecule has 0 heterocycles. The van der Waals surface area contributed by atoms with E-state index in [0.717, 1.165) is 33.4 Å². The zero-order valence-corrected chi connectivity index (χ0v) is 15.5. The van der Waals surface area contributed by atoms with E-state index in [1.807, 2.05) is 50.3 Å². The maximum Gasteiger partial charge on any atom is 0.164 e. The van der Waals surface area contributed by atoms with Crippen molar-refractivity contribution < 1.29 is 15.0 Å². The van der Waals surface area contributed by atoms with Gasteiger partial charge in [-0.2, -0.15) is 0 Å². The summed E-state index contributed by atoms with van der Waals surface area (Å²) in [7, 11) is 0. The lowest BCUT2D eigenvalue weighted by Crippen LogP contribution is -2.33. The molecule has 2 N–H and O–H groups in total. The number of phenolic OH excluding ortho intramolecular Hbond substituents is 2. The van der Waals surface area contributed by atoms with Crippen molar-refractivity contribution in [2.45, 2.75) is 32.1 Å². The van der Waals surface area contributed by atoms with E-state index in [1.54, 1.807) is 24.3 Å². The number of benzene rings is 2. The summed E-state index contributed by atoms with van der Waals surface area (Å²) in [4.78, 5) is 13.0. The van der Waals surface area contributed by atoms with Crippen molar-refractivity contribution in [1.29, 1.82) is 0 Å². The van der Waals surface area contributed by atoms with Crippen LogP contribution in [0.4, 0.5) is 0 Å². The van der Waals surface area contributed by atoms with Gasteiger partial charge in [0.25, 0.3) is 0 Å². The molecule has 2 aromatic rings. The van der Waals surface area contributed by atoms with Crippen LogP contribution in [-0.4, -0.2) is 16.0 Å². The lowest BCUT2D eigenvalue weighted by atomic mass is 9.62. The summed E-state index contributed by atoms with van der Waals surface area (Å²) < 4.78 is 0. The first-order chi connectivity index (χ1) is 13.0. The molecule has 0 fully saturated rings. The SMILES string of the molecule is C/C=C\C1=C(/C=C\C)C2(CC1=O)c1ccc(O)cc1Cc1cc(O)ccc12. The molecular formula is C24H22O3. The molecule has 0 aromatic heterocycles. The second-order valence-electron chi connectivity index (χ2n) is 7.19. The summed E-state index contributed by atoms with van der Waals surface area (Å²) in [5, 5.41) is 20.1. The van der Waals surface area contributed by atoms with Crippen molar-refractivity contribution in [1.82, 2.24) is 0 Å². The Hall–Kier alpha value is -3.07. The van der Waals surface area contributed by atoms with Gasteiger partial charge in [0.1, 0.15) is 11.5 Å². The van der Waals surface area contributed by atoms with Crippen LogP contribution in [0.2, 0.25) is 0 Å².